The molecule has 2 fully saturated rings. The van der Waals surface area contributed by atoms with E-state index < -0.39 is 12.0 Å². The van der Waals surface area contributed by atoms with Crippen LogP contribution in [-0.2, 0) is 4.79 Å². The molecule has 0 saturated carbocycles. The smallest absolute Gasteiger partial charge is 0.327 e. The molecule has 1 N–H and O–H groups in total. The fraction of sp³-hybridized carbons (Fsp3) is 0.833. The number of rotatable bonds is 2. The Morgan fingerprint density at radius 2 is 2.17 bits per heavy atom. The molecule has 2 saturated heterocycles. The molecule has 6 heteroatoms. The molecule has 0 bridgehead atoms. The molecule has 0 radical (unpaired) electrons. The highest BCUT2D eigenvalue weighted by Crippen LogP contribution is 2.32. The summed E-state index contributed by atoms with van der Waals surface area (Å²) >= 11 is 1.54. The first-order chi connectivity index (χ1) is 8.56. The molecule has 0 spiro atoms. The predicted octanol–water partition coefficient (Wildman–Crippen LogP) is 1.83. The average Bonchev–Trinajstić information content (AvgIpc) is 2.93. The molecule has 3 atom stereocenters. The SMILES string of the molecule is CCC1CCCN1C(=O)N1C(C)SCC1C(=O)O. The minimum absolute atomic E-state index is 0.0447. The first kappa shape index (κ1) is 13.5. The molecule has 0 aliphatic carbocycles. The quantitative estimate of drug-likeness (QED) is 0.833. The Balaban J connectivity index is 2.13. The van der Waals surface area contributed by atoms with Crippen LogP contribution in [0, 0.1) is 0 Å². The lowest BCUT2D eigenvalue weighted by atomic mass is 10.2. The molecule has 3 unspecified atom stereocenters. The third-order valence-corrected chi connectivity index (χ3v) is 5.04. The molecule has 2 heterocycles. The predicted molar refractivity (Wildman–Crippen MR) is 70.6 cm³/mol. The van der Waals surface area contributed by atoms with E-state index in [-0.39, 0.29) is 17.4 Å². The van der Waals surface area contributed by atoms with Gasteiger partial charge in [0, 0.05) is 18.3 Å². The van der Waals surface area contributed by atoms with Gasteiger partial charge in [0.15, 0.2) is 0 Å². The van der Waals surface area contributed by atoms with Crippen LogP contribution in [0.3, 0.4) is 0 Å². The lowest BCUT2D eigenvalue weighted by molar-refractivity contribution is -0.141. The van der Waals surface area contributed by atoms with E-state index in [1.54, 1.807) is 4.90 Å². The fourth-order valence-corrected chi connectivity index (χ4v) is 3.95. The van der Waals surface area contributed by atoms with Gasteiger partial charge in [0.05, 0.1) is 5.37 Å². The topological polar surface area (TPSA) is 60.9 Å². The fourth-order valence-electron chi connectivity index (χ4n) is 2.78. The number of amides is 2. The van der Waals surface area contributed by atoms with Gasteiger partial charge in [-0.05, 0) is 26.2 Å². The Morgan fingerprint density at radius 3 is 2.78 bits per heavy atom. The van der Waals surface area contributed by atoms with E-state index >= 15 is 0 Å². The molecule has 2 aliphatic rings. The second-order valence-corrected chi connectivity index (χ2v) is 6.22. The van der Waals surface area contributed by atoms with Gasteiger partial charge in [0.2, 0.25) is 0 Å². The molecule has 2 aliphatic heterocycles. The van der Waals surface area contributed by atoms with Crippen LogP contribution in [0.2, 0.25) is 0 Å². The van der Waals surface area contributed by atoms with Crippen molar-refractivity contribution in [3.8, 4) is 0 Å². The highest BCUT2D eigenvalue weighted by atomic mass is 32.2. The van der Waals surface area contributed by atoms with E-state index in [4.69, 9.17) is 0 Å². The third kappa shape index (κ3) is 2.30. The Morgan fingerprint density at radius 1 is 1.44 bits per heavy atom. The number of urea groups is 1. The van der Waals surface area contributed by atoms with E-state index in [1.165, 1.54) is 11.8 Å². The van der Waals surface area contributed by atoms with Crippen LogP contribution in [-0.4, -0.2) is 56.7 Å². The van der Waals surface area contributed by atoms with Crippen molar-refractivity contribution in [2.75, 3.05) is 12.3 Å². The zero-order chi connectivity index (χ0) is 13.3. The lowest BCUT2D eigenvalue weighted by Crippen LogP contribution is -2.52. The summed E-state index contributed by atoms with van der Waals surface area (Å²) in [5.74, 6) is -0.403. The first-order valence-electron chi connectivity index (χ1n) is 6.49. The summed E-state index contributed by atoms with van der Waals surface area (Å²) < 4.78 is 0. The Labute approximate surface area is 112 Å². The standard InChI is InChI=1S/C12H20N2O3S/c1-3-9-5-4-6-13(9)12(17)14-8(2)18-7-10(14)11(15)16/h8-10H,3-7H2,1-2H3,(H,15,16). The molecule has 5 nitrogen and oxygen atoms in total. The van der Waals surface area contributed by atoms with Gasteiger partial charge in [-0.3, -0.25) is 4.90 Å². The van der Waals surface area contributed by atoms with Gasteiger partial charge in [-0.15, -0.1) is 11.8 Å². The number of carbonyl (C=O) groups excluding carboxylic acids is 1. The van der Waals surface area contributed by atoms with E-state index in [0.717, 1.165) is 25.8 Å². The molecular weight excluding hydrogens is 252 g/mol. The van der Waals surface area contributed by atoms with Gasteiger partial charge < -0.3 is 10.0 Å². The highest BCUT2D eigenvalue weighted by molar-refractivity contribution is 8.00. The molecule has 0 aromatic heterocycles. The molecule has 102 valence electrons. The normalized spacial score (nSPS) is 32.0. The summed E-state index contributed by atoms with van der Waals surface area (Å²) in [4.78, 5) is 27.1. The molecule has 2 rings (SSSR count). The van der Waals surface area contributed by atoms with E-state index in [1.807, 2.05) is 11.8 Å². The summed E-state index contributed by atoms with van der Waals surface area (Å²) in [6.45, 7) is 4.74. The molecule has 2 amide bonds. The van der Waals surface area contributed by atoms with E-state index in [9.17, 15) is 14.7 Å². The van der Waals surface area contributed by atoms with Crippen LogP contribution >= 0.6 is 11.8 Å². The van der Waals surface area contributed by atoms with Crippen molar-refractivity contribution >= 4 is 23.8 Å². The average molecular weight is 272 g/mol. The van der Waals surface area contributed by atoms with Gasteiger partial charge in [-0.2, -0.15) is 0 Å². The van der Waals surface area contributed by atoms with Crippen molar-refractivity contribution in [2.45, 2.75) is 50.6 Å². The Kier molecular flexibility index (Phi) is 4.04. The zero-order valence-electron chi connectivity index (χ0n) is 10.8. The summed E-state index contributed by atoms with van der Waals surface area (Å²) in [5.41, 5.74) is 0. The van der Waals surface area contributed by atoms with Crippen molar-refractivity contribution in [1.29, 1.82) is 0 Å². The van der Waals surface area contributed by atoms with Crippen molar-refractivity contribution in [3.05, 3.63) is 0 Å². The van der Waals surface area contributed by atoms with Crippen LogP contribution in [0.25, 0.3) is 0 Å². The number of hydrogen-bond donors (Lipinski definition) is 1. The maximum Gasteiger partial charge on any atom is 0.327 e. The Hall–Kier alpha value is -0.910. The van der Waals surface area contributed by atoms with Crippen LogP contribution < -0.4 is 0 Å². The second-order valence-electron chi connectivity index (χ2n) is 4.87. The summed E-state index contributed by atoms with van der Waals surface area (Å²) in [5, 5.41) is 9.15. The van der Waals surface area contributed by atoms with Gasteiger partial charge in [-0.1, -0.05) is 6.92 Å². The van der Waals surface area contributed by atoms with Crippen LogP contribution in [0.1, 0.15) is 33.1 Å². The third-order valence-electron chi connectivity index (χ3n) is 3.82. The van der Waals surface area contributed by atoms with Gasteiger partial charge in [0.25, 0.3) is 0 Å². The number of carboxylic acid groups (broad SMARTS) is 1. The number of aliphatic carboxylic acids is 1. The minimum Gasteiger partial charge on any atom is -0.480 e. The summed E-state index contributed by atoms with van der Waals surface area (Å²) in [6.07, 6.45) is 3.01. The number of hydrogen-bond acceptors (Lipinski definition) is 3. The van der Waals surface area contributed by atoms with Gasteiger partial charge >= 0.3 is 12.0 Å². The first-order valence-corrected chi connectivity index (χ1v) is 7.54. The molecule has 0 aromatic rings. The number of nitrogens with zero attached hydrogens (tertiary/aromatic N) is 2. The van der Waals surface area contributed by atoms with Crippen LogP contribution in [0.5, 0.6) is 0 Å². The largest absolute Gasteiger partial charge is 0.480 e. The lowest BCUT2D eigenvalue weighted by Gasteiger charge is -2.33. The molecule has 18 heavy (non-hydrogen) atoms. The number of carboxylic acids is 1. The monoisotopic (exact) mass is 272 g/mol. The summed E-state index contributed by atoms with van der Waals surface area (Å²) in [6, 6.07) is -0.482. The van der Waals surface area contributed by atoms with Gasteiger partial charge in [-0.25, -0.2) is 9.59 Å². The van der Waals surface area contributed by atoms with Crippen LogP contribution in [0.15, 0.2) is 0 Å². The maximum absolute atomic E-state index is 12.5. The molecular formula is C12H20N2O3S. The van der Waals surface area contributed by atoms with Crippen LogP contribution in [0.4, 0.5) is 4.79 Å². The van der Waals surface area contributed by atoms with Crippen molar-refractivity contribution < 1.29 is 14.7 Å². The zero-order valence-corrected chi connectivity index (χ0v) is 11.7. The second kappa shape index (κ2) is 5.38. The molecule has 0 aromatic carbocycles. The van der Waals surface area contributed by atoms with Gasteiger partial charge in [0.1, 0.15) is 6.04 Å². The number of thioether (sulfide) groups is 1. The van der Waals surface area contributed by atoms with Crippen molar-refractivity contribution in [3.63, 3.8) is 0 Å². The number of carbonyl (C=O) groups is 2. The highest BCUT2D eigenvalue weighted by Gasteiger charge is 2.43. The minimum atomic E-state index is -0.896. The van der Waals surface area contributed by atoms with E-state index in [0.29, 0.717) is 5.75 Å². The van der Waals surface area contributed by atoms with Crippen molar-refractivity contribution in [2.24, 2.45) is 0 Å². The van der Waals surface area contributed by atoms with E-state index in [2.05, 4.69) is 6.92 Å². The Bertz CT molecular complexity index is 350. The summed E-state index contributed by atoms with van der Waals surface area (Å²) in [7, 11) is 0. The van der Waals surface area contributed by atoms with Crippen molar-refractivity contribution in [1.82, 2.24) is 9.80 Å². The number of likely N-dealkylation sites (tertiary alicyclic amines) is 1. The maximum atomic E-state index is 12.5.